The second kappa shape index (κ2) is 8.49. The molecule has 0 unspecified atom stereocenters. The quantitative estimate of drug-likeness (QED) is 0.846. The first-order valence-electron chi connectivity index (χ1n) is 6.90. The third-order valence-corrected chi connectivity index (χ3v) is 3.16. The smallest absolute Gasteiger partial charge is 0.0319 e. The summed E-state index contributed by atoms with van der Waals surface area (Å²) in [5.41, 5.74) is 5.37. The number of hydrogen-bond acceptors (Lipinski definition) is 1. The lowest BCUT2D eigenvalue weighted by molar-refractivity contribution is 0.399. The average Bonchev–Trinajstić information content (AvgIpc) is 2.49. The Hall–Kier alpha value is -1.60. The van der Waals surface area contributed by atoms with Crippen LogP contribution in [0.5, 0.6) is 0 Å². The van der Waals surface area contributed by atoms with E-state index in [0.29, 0.717) is 0 Å². The maximum atomic E-state index is 7.00. The molecule has 0 fully saturated rings. The first kappa shape index (κ1) is 15.5. The van der Waals surface area contributed by atoms with Crippen molar-refractivity contribution >= 4 is 0 Å². The summed E-state index contributed by atoms with van der Waals surface area (Å²) in [6.45, 7) is 4.36. The average molecular weight is 256 g/mol. The molecular formula is C18H24O. The lowest BCUT2D eigenvalue weighted by Crippen LogP contribution is -1.85. The zero-order chi connectivity index (χ0) is 14.1. The molecular weight excluding hydrogens is 232 g/mol. The Bertz CT molecular complexity index is 454. The first-order chi connectivity index (χ1) is 9.29. The number of aliphatic hydroxyl groups is 1. The molecule has 0 atom stereocenters. The predicted octanol–water partition coefficient (Wildman–Crippen LogP) is 4.61. The molecule has 0 radical (unpaired) electrons. The summed E-state index contributed by atoms with van der Waals surface area (Å²) in [4.78, 5) is 0. The molecule has 0 aliphatic rings. The topological polar surface area (TPSA) is 20.2 Å². The molecule has 1 nitrogen and oxygen atoms in total. The van der Waals surface area contributed by atoms with Gasteiger partial charge in [0.1, 0.15) is 0 Å². The van der Waals surface area contributed by atoms with Gasteiger partial charge in [-0.05, 0) is 36.5 Å². The van der Waals surface area contributed by atoms with Crippen molar-refractivity contribution < 1.29 is 5.11 Å². The van der Waals surface area contributed by atoms with Gasteiger partial charge in [0, 0.05) is 7.11 Å². The highest BCUT2D eigenvalue weighted by atomic mass is 16.2. The highest BCUT2D eigenvalue weighted by Crippen LogP contribution is 2.20. The van der Waals surface area contributed by atoms with Crippen molar-refractivity contribution in [2.24, 2.45) is 0 Å². The number of aryl methyl sites for hydroxylation is 2. The molecule has 2 aromatic carbocycles. The molecule has 102 valence electrons. The number of unbranched alkanes of at least 4 members (excludes halogenated alkanes) is 1. The zero-order valence-corrected chi connectivity index (χ0v) is 12.2. The number of hydrogen-bond donors (Lipinski definition) is 1. The van der Waals surface area contributed by atoms with Gasteiger partial charge >= 0.3 is 0 Å². The molecule has 19 heavy (non-hydrogen) atoms. The van der Waals surface area contributed by atoms with Crippen LogP contribution in [0.3, 0.4) is 0 Å². The van der Waals surface area contributed by atoms with E-state index in [4.69, 9.17) is 5.11 Å². The van der Waals surface area contributed by atoms with Crippen LogP contribution in [0.25, 0.3) is 11.1 Å². The van der Waals surface area contributed by atoms with Gasteiger partial charge in [0.05, 0.1) is 0 Å². The Morgan fingerprint density at radius 3 is 1.74 bits per heavy atom. The van der Waals surface area contributed by atoms with Crippen LogP contribution >= 0.6 is 0 Å². The predicted molar refractivity (Wildman–Crippen MR) is 83.4 cm³/mol. The SMILES string of the molecule is CCCCc1ccc(-c2ccc(C)cc2)cc1.CO. The second-order valence-electron chi connectivity index (χ2n) is 4.67. The molecule has 0 spiro atoms. The third-order valence-electron chi connectivity index (χ3n) is 3.16. The number of rotatable bonds is 4. The molecule has 2 rings (SSSR count). The Morgan fingerprint density at radius 1 is 0.789 bits per heavy atom. The molecule has 0 aromatic heterocycles. The van der Waals surface area contributed by atoms with Crippen molar-refractivity contribution in [1.29, 1.82) is 0 Å². The van der Waals surface area contributed by atoms with Crippen LogP contribution in [-0.4, -0.2) is 12.2 Å². The third kappa shape index (κ3) is 4.88. The summed E-state index contributed by atoms with van der Waals surface area (Å²) in [6.07, 6.45) is 3.74. The van der Waals surface area contributed by atoms with Crippen LogP contribution in [0.4, 0.5) is 0 Å². The van der Waals surface area contributed by atoms with E-state index < -0.39 is 0 Å². The van der Waals surface area contributed by atoms with Gasteiger partial charge in [0.2, 0.25) is 0 Å². The van der Waals surface area contributed by atoms with E-state index in [0.717, 1.165) is 7.11 Å². The van der Waals surface area contributed by atoms with E-state index in [1.807, 2.05) is 0 Å². The van der Waals surface area contributed by atoms with Crippen molar-refractivity contribution in [2.75, 3.05) is 7.11 Å². The van der Waals surface area contributed by atoms with Crippen molar-refractivity contribution in [3.8, 4) is 11.1 Å². The van der Waals surface area contributed by atoms with Gasteiger partial charge in [-0.25, -0.2) is 0 Å². The Labute approximate surface area is 116 Å². The summed E-state index contributed by atoms with van der Waals surface area (Å²) in [6, 6.07) is 17.7. The fourth-order valence-corrected chi connectivity index (χ4v) is 1.99. The van der Waals surface area contributed by atoms with Crippen LogP contribution < -0.4 is 0 Å². The van der Waals surface area contributed by atoms with Gasteiger partial charge in [0.25, 0.3) is 0 Å². The van der Waals surface area contributed by atoms with Crippen LogP contribution in [0.1, 0.15) is 30.9 Å². The summed E-state index contributed by atoms with van der Waals surface area (Å²) in [5, 5.41) is 7.00. The molecule has 0 aliphatic carbocycles. The molecule has 0 saturated carbocycles. The van der Waals surface area contributed by atoms with Gasteiger partial charge < -0.3 is 5.11 Å². The summed E-state index contributed by atoms with van der Waals surface area (Å²) in [5.74, 6) is 0. The van der Waals surface area contributed by atoms with Gasteiger partial charge in [-0.3, -0.25) is 0 Å². The standard InChI is InChI=1S/C17H20.CH4O/c1-3-4-5-15-8-12-17(13-9-15)16-10-6-14(2)7-11-16;1-2/h6-13H,3-5H2,1-2H3;2H,1H3. The van der Waals surface area contributed by atoms with Crippen molar-refractivity contribution in [1.82, 2.24) is 0 Å². The Balaban J connectivity index is 0.000000861. The molecule has 0 saturated heterocycles. The van der Waals surface area contributed by atoms with E-state index in [9.17, 15) is 0 Å². The largest absolute Gasteiger partial charge is 0.400 e. The molecule has 1 heteroatoms. The lowest BCUT2D eigenvalue weighted by atomic mass is 10.0. The van der Waals surface area contributed by atoms with Crippen molar-refractivity contribution in [2.45, 2.75) is 33.1 Å². The van der Waals surface area contributed by atoms with E-state index in [-0.39, 0.29) is 0 Å². The maximum absolute atomic E-state index is 7.00. The molecule has 0 aliphatic heterocycles. The second-order valence-corrected chi connectivity index (χ2v) is 4.67. The minimum absolute atomic E-state index is 1.00. The van der Waals surface area contributed by atoms with E-state index in [2.05, 4.69) is 62.4 Å². The monoisotopic (exact) mass is 256 g/mol. The van der Waals surface area contributed by atoms with Gasteiger partial charge in [0.15, 0.2) is 0 Å². The molecule has 1 N–H and O–H groups in total. The minimum Gasteiger partial charge on any atom is -0.400 e. The van der Waals surface area contributed by atoms with Crippen LogP contribution in [0.2, 0.25) is 0 Å². The lowest BCUT2D eigenvalue weighted by Gasteiger charge is -2.04. The summed E-state index contributed by atoms with van der Waals surface area (Å²) < 4.78 is 0. The number of aliphatic hydroxyl groups excluding tert-OH is 1. The highest BCUT2D eigenvalue weighted by molar-refractivity contribution is 5.63. The highest BCUT2D eigenvalue weighted by Gasteiger charge is 1.97. The normalized spacial score (nSPS) is 9.68. The van der Waals surface area contributed by atoms with Gasteiger partial charge in [-0.15, -0.1) is 0 Å². The minimum atomic E-state index is 1.00. The molecule has 0 heterocycles. The maximum Gasteiger partial charge on any atom is 0.0319 e. The van der Waals surface area contributed by atoms with E-state index >= 15 is 0 Å². The van der Waals surface area contributed by atoms with Gasteiger partial charge in [-0.1, -0.05) is 67.4 Å². The Morgan fingerprint density at radius 2 is 1.26 bits per heavy atom. The van der Waals surface area contributed by atoms with E-state index in [1.54, 1.807) is 0 Å². The van der Waals surface area contributed by atoms with Gasteiger partial charge in [-0.2, -0.15) is 0 Å². The van der Waals surface area contributed by atoms with Crippen LogP contribution in [-0.2, 0) is 6.42 Å². The molecule has 2 aromatic rings. The summed E-state index contributed by atoms with van der Waals surface area (Å²) >= 11 is 0. The molecule has 0 bridgehead atoms. The van der Waals surface area contributed by atoms with Crippen molar-refractivity contribution in [3.63, 3.8) is 0 Å². The first-order valence-corrected chi connectivity index (χ1v) is 6.90. The van der Waals surface area contributed by atoms with Crippen LogP contribution in [0.15, 0.2) is 48.5 Å². The summed E-state index contributed by atoms with van der Waals surface area (Å²) in [7, 11) is 1.00. The van der Waals surface area contributed by atoms with E-state index in [1.165, 1.54) is 41.5 Å². The Kier molecular flexibility index (Phi) is 6.91. The van der Waals surface area contributed by atoms with Crippen LogP contribution in [0, 0.1) is 6.92 Å². The fraction of sp³-hybridized carbons (Fsp3) is 0.333. The van der Waals surface area contributed by atoms with Crippen molar-refractivity contribution in [3.05, 3.63) is 59.7 Å². The number of benzene rings is 2. The fourth-order valence-electron chi connectivity index (χ4n) is 1.99. The molecule has 0 amide bonds. The zero-order valence-electron chi connectivity index (χ0n) is 12.2.